The summed E-state index contributed by atoms with van der Waals surface area (Å²) in [5.41, 5.74) is 2.00. The van der Waals surface area contributed by atoms with Crippen molar-refractivity contribution in [3.63, 3.8) is 0 Å². The Bertz CT molecular complexity index is 423. The monoisotopic (exact) mass is 207 g/mol. The van der Waals surface area contributed by atoms with Crippen LogP contribution in [0.3, 0.4) is 0 Å². The Morgan fingerprint density at radius 2 is 2.00 bits per heavy atom. The molecule has 1 heterocycles. The minimum atomic E-state index is -0.515. The zero-order chi connectivity index (χ0) is 9.97. The molecule has 0 unspecified atom stereocenters. The van der Waals surface area contributed by atoms with Crippen molar-refractivity contribution in [2.45, 2.75) is 0 Å². The Labute approximate surface area is 85.7 Å². The highest BCUT2D eigenvalue weighted by Crippen LogP contribution is 2.16. The van der Waals surface area contributed by atoms with E-state index in [1.807, 2.05) is 30.3 Å². The predicted octanol–water partition coefficient (Wildman–Crippen LogP) is 2.07. The SMILES string of the molecule is O=C1OC(c2ccccc2)=N/C1=C\Cl. The molecule has 1 aliphatic rings. The number of halogens is 1. The third-order valence-electron chi connectivity index (χ3n) is 1.74. The van der Waals surface area contributed by atoms with E-state index in [1.54, 1.807) is 0 Å². The molecule has 1 aliphatic heterocycles. The minimum Gasteiger partial charge on any atom is -0.402 e. The maximum Gasteiger partial charge on any atom is 0.364 e. The van der Waals surface area contributed by atoms with Crippen LogP contribution in [0.15, 0.2) is 46.6 Å². The number of cyclic esters (lactones) is 1. The predicted molar refractivity (Wildman–Crippen MR) is 53.0 cm³/mol. The van der Waals surface area contributed by atoms with Crippen LogP contribution < -0.4 is 0 Å². The van der Waals surface area contributed by atoms with Crippen LogP contribution in [0.2, 0.25) is 0 Å². The first-order valence-electron chi connectivity index (χ1n) is 3.98. The second kappa shape index (κ2) is 3.64. The summed E-state index contributed by atoms with van der Waals surface area (Å²) in [4.78, 5) is 15.0. The van der Waals surface area contributed by atoms with Crippen LogP contribution in [0.1, 0.15) is 5.56 Å². The zero-order valence-electron chi connectivity index (χ0n) is 7.11. The lowest BCUT2D eigenvalue weighted by molar-refractivity contribution is -0.130. The number of carbonyl (C=O) groups is 1. The van der Waals surface area contributed by atoms with E-state index in [0.29, 0.717) is 5.90 Å². The summed E-state index contributed by atoms with van der Waals surface area (Å²) in [6.07, 6.45) is 0. The van der Waals surface area contributed by atoms with E-state index in [-0.39, 0.29) is 5.70 Å². The van der Waals surface area contributed by atoms with Gasteiger partial charge in [-0.05, 0) is 12.1 Å². The van der Waals surface area contributed by atoms with Gasteiger partial charge >= 0.3 is 5.97 Å². The lowest BCUT2D eigenvalue weighted by Crippen LogP contribution is -2.04. The average molecular weight is 208 g/mol. The van der Waals surface area contributed by atoms with Gasteiger partial charge < -0.3 is 4.74 Å². The highest BCUT2D eigenvalue weighted by atomic mass is 35.5. The topological polar surface area (TPSA) is 38.7 Å². The molecule has 1 aromatic rings. The smallest absolute Gasteiger partial charge is 0.364 e. The van der Waals surface area contributed by atoms with Crippen molar-refractivity contribution in [1.29, 1.82) is 0 Å². The van der Waals surface area contributed by atoms with Gasteiger partial charge in [0.05, 0.1) is 0 Å². The lowest BCUT2D eigenvalue weighted by atomic mass is 10.2. The Morgan fingerprint density at radius 3 is 2.57 bits per heavy atom. The molecule has 0 radical (unpaired) electrons. The summed E-state index contributed by atoms with van der Waals surface area (Å²) in [7, 11) is 0. The van der Waals surface area contributed by atoms with E-state index in [1.165, 1.54) is 0 Å². The van der Waals surface area contributed by atoms with E-state index >= 15 is 0 Å². The molecule has 4 heteroatoms. The number of carbonyl (C=O) groups excluding carboxylic acids is 1. The number of hydrogen-bond donors (Lipinski definition) is 0. The summed E-state index contributed by atoms with van der Waals surface area (Å²) in [5.74, 6) is -0.221. The average Bonchev–Trinajstić information content (AvgIpc) is 2.61. The number of ether oxygens (including phenoxy) is 1. The van der Waals surface area contributed by atoms with Gasteiger partial charge in [0.25, 0.3) is 0 Å². The molecule has 0 saturated carbocycles. The van der Waals surface area contributed by atoms with Crippen molar-refractivity contribution >= 4 is 23.5 Å². The fourth-order valence-corrected chi connectivity index (χ4v) is 1.23. The first-order chi connectivity index (χ1) is 6.81. The fourth-order valence-electron chi connectivity index (χ4n) is 1.09. The molecule has 0 saturated heterocycles. The first kappa shape index (κ1) is 8.97. The Balaban J connectivity index is 2.36. The molecular weight excluding hydrogens is 202 g/mol. The van der Waals surface area contributed by atoms with Gasteiger partial charge in [-0.2, -0.15) is 0 Å². The van der Waals surface area contributed by atoms with Crippen LogP contribution in [-0.4, -0.2) is 11.9 Å². The Morgan fingerprint density at radius 1 is 1.29 bits per heavy atom. The number of hydrogen-bond acceptors (Lipinski definition) is 3. The van der Waals surface area contributed by atoms with Crippen molar-refractivity contribution in [3.05, 3.63) is 47.1 Å². The fraction of sp³-hybridized carbons (Fsp3) is 0. The highest BCUT2D eigenvalue weighted by Gasteiger charge is 2.23. The molecule has 0 aromatic heterocycles. The van der Waals surface area contributed by atoms with E-state index < -0.39 is 5.97 Å². The maximum atomic E-state index is 11.1. The van der Waals surface area contributed by atoms with Crippen LogP contribution in [0, 0.1) is 0 Å². The molecule has 2 rings (SSSR count). The van der Waals surface area contributed by atoms with Crippen molar-refractivity contribution in [2.24, 2.45) is 4.99 Å². The van der Waals surface area contributed by atoms with E-state index in [9.17, 15) is 4.79 Å². The van der Waals surface area contributed by atoms with Gasteiger partial charge in [0, 0.05) is 11.1 Å². The number of nitrogens with zero attached hydrogens (tertiary/aromatic N) is 1. The summed E-state index contributed by atoms with van der Waals surface area (Å²) in [5, 5.41) is 0. The number of benzene rings is 1. The lowest BCUT2D eigenvalue weighted by Gasteiger charge is -1.96. The van der Waals surface area contributed by atoms with Gasteiger partial charge in [-0.3, -0.25) is 0 Å². The van der Waals surface area contributed by atoms with E-state index in [2.05, 4.69) is 4.99 Å². The largest absolute Gasteiger partial charge is 0.402 e. The molecule has 0 bridgehead atoms. The molecule has 0 N–H and O–H groups in total. The number of esters is 1. The number of rotatable bonds is 1. The quantitative estimate of drug-likeness (QED) is 0.522. The van der Waals surface area contributed by atoms with E-state index in [4.69, 9.17) is 16.3 Å². The molecule has 70 valence electrons. The third kappa shape index (κ3) is 1.54. The van der Waals surface area contributed by atoms with Crippen molar-refractivity contribution < 1.29 is 9.53 Å². The zero-order valence-corrected chi connectivity index (χ0v) is 7.86. The van der Waals surface area contributed by atoms with Crippen LogP contribution in [-0.2, 0) is 9.53 Å². The van der Waals surface area contributed by atoms with Crippen LogP contribution >= 0.6 is 11.6 Å². The van der Waals surface area contributed by atoms with Gasteiger partial charge in [0.1, 0.15) is 0 Å². The maximum absolute atomic E-state index is 11.1. The Hall–Kier alpha value is -1.61. The van der Waals surface area contributed by atoms with Crippen molar-refractivity contribution in [1.82, 2.24) is 0 Å². The minimum absolute atomic E-state index is 0.130. The molecule has 0 atom stereocenters. The normalized spacial score (nSPS) is 18.2. The molecular formula is C10H6ClNO2. The van der Waals surface area contributed by atoms with Gasteiger partial charge in [-0.25, -0.2) is 9.79 Å². The van der Waals surface area contributed by atoms with Crippen LogP contribution in [0.25, 0.3) is 0 Å². The van der Waals surface area contributed by atoms with E-state index in [0.717, 1.165) is 11.1 Å². The summed E-state index contributed by atoms with van der Waals surface area (Å²) >= 11 is 5.39. The molecule has 0 aliphatic carbocycles. The first-order valence-corrected chi connectivity index (χ1v) is 4.41. The second-order valence-electron chi connectivity index (χ2n) is 2.67. The molecule has 0 fully saturated rings. The van der Waals surface area contributed by atoms with Gasteiger partial charge in [0.15, 0.2) is 5.70 Å². The standard InChI is InChI=1S/C10H6ClNO2/c11-6-8-10(13)14-9(12-8)7-4-2-1-3-5-7/h1-6H/b8-6-. The molecule has 0 spiro atoms. The van der Waals surface area contributed by atoms with Crippen LogP contribution in [0.5, 0.6) is 0 Å². The summed E-state index contributed by atoms with van der Waals surface area (Å²) in [6.45, 7) is 0. The van der Waals surface area contributed by atoms with Crippen molar-refractivity contribution in [2.75, 3.05) is 0 Å². The third-order valence-corrected chi connectivity index (χ3v) is 1.95. The van der Waals surface area contributed by atoms with Gasteiger partial charge in [0.2, 0.25) is 5.90 Å². The summed E-state index contributed by atoms with van der Waals surface area (Å²) in [6, 6.07) is 9.17. The summed E-state index contributed by atoms with van der Waals surface area (Å²) < 4.78 is 4.91. The second-order valence-corrected chi connectivity index (χ2v) is 2.89. The number of aliphatic imine (C=N–C) groups is 1. The molecule has 1 aromatic carbocycles. The van der Waals surface area contributed by atoms with Gasteiger partial charge in [-0.1, -0.05) is 29.8 Å². The molecule has 14 heavy (non-hydrogen) atoms. The van der Waals surface area contributed by atoms with Crippen LogP contribution in [0.4, 0.5) is 0 Å². The van der Waals surface area contributed by atoms with Crippen molar-refractivity contribution in [3.8, 4) is 0 Å². The highest BCUT2D eigenvalue weighted by molar-refractivity contribution is 6.28. The Kier molecular flexibility index (Phi) is 2.33. The van der Waals surface area contributed by atoms with Gasteiger partial charge in [-0.15, -0.1) is 0 Å². The molecule has 0 amide bonds. The molecule has 3 nitrogen and oxygen atoms in total.